The summed E-state index contributed by atoms with van der Waals surface area (Å²) in [5.41, 5.74) is 0. The summed E-state index contributed by atoms with van der Waals surface area (Å²) < 4.78 is 19.4. The van der Waals surface area contributed by atoms with Crippen LogP contribution in [0.3, 0.4) is 0 Å². The molecular formula is C7H16O3S. The minimum Gasteiger partial charge on any atom is -0.396 e. The van der Waals surface area contributed by atoms with Crippen molar-refractivity contribution in [3.05, 3.63) is 0 Å². The number of aliphatic hydroxyl groups excluding tert-OH is 1. The molecule has 0 aliphatic heterocycles. The first-order valence-electron chi connectivity index (χ1n) is 3.92. The van der Waals surface area contributed by atoms with Crippen molar-refractivity contribution in [1.29, 1.82) is 0 Å². The molecule has 0 bridgehead atoms. The van der Waals surface area contributed by atoms with Gasteiger partial charge in [-0.15, -0.1) is 0 Å². The number of aliphatic hydroxyl groups is 1. The highest BCUT2D eigenvalue weighted by molar-refractivity contribution is 7.79. The largest absolute Gasteiger partial charge is 0.396 e. The molecular weight excluding hydrogens is 164 g/mol. The van der Waals surface area contributed by atoms with Gasteiger partial charge in [-0.25, -0.2) is 4.21 Å². The Morgan fingerprint density at radius 1 is 1.45 bits per heavy atom. The normalized spacial score (nSPS) is 16.3. The monoisotopic (exact) mass is 180 g/mol. The second-order valence-corrected chi connectivity index (χ2v) is 3.77. The summed E-state index contributed by atoms with van der Waals surface area (Å²) >= 11 is -1.72. The van der Waals surface area contributed by atoms with Crippen molar-refractivity contribution in [2.45, 2.75) is 37.9 Å². The van der Waals surface area contributed by atoms with Crippen LogP contribution in [-0.2, 0) is 11.1 Å². The van der Waals surface area contributed by atoms with Crippen LogP contribution >= 0.6 is 0 Å². The molecule has 3 nitrogen and oxygen atoms in total. The minimum absolute atomic E-state index is 0.109. The molecule has 0 aliphatic carbocycles. The molecule has 0 radical (unpaired) electrons. The molecule has 0 heterocycles. The summed E-state index contributed by atoms with van der Waals surface area (Å²) in [5.74, 6) is 0. The third-order valence-electron chi connectivity index (χ3n) is 1.58. The van der Waals surface area contributed by atoms with Crippen LogP contribution in [0.25, 0.3) is 0 Å². The standard InChI is InChI=1S/C7H16O3S/c1-2-4-7(11(9)10)5-3-6-8/h7-8H,2-6H2,1H3,(H,9,10). The van der Waals surface area contributed by atoms with E-state index in [1.54, 1.807) is 0 Å². The summed E-state index contributed by atoms with van der Waals surface area (Å²) in [7, 11) is 0. The average Bonchev–Trinajstić information content (AvgIpc) is 1.97. The Morgan fingerprint density at radius 2 is 2.09 bits per heavy atom. The van der Waals surface area contributed by atoms with Gasteiger partial charge < -0.3 is 9.66 Å². The molecule has 0 aliphatic rings. The van der Waals surface area contributed by atoms with E-state index >= 15 is 0 Å². The van der Waals surface area contributed by atoms with Gasteiger partial charge in [0, 0.05) is 6.61 Å². The first-order valence-corrected chi connectivity index (χ1v) is 5.09. The third kappa shape index (κ3) is 5.35. The van der Waals surface area contributed by atoms with Gasteiger partial charge in [0.05, 0.1) is 5.25 Å². The van der Waals surface area contributed by atoms with Gasteiger partial charge in [0.15, 0.2) is 11.1 Å². The zero-order chi connectivity index (χ0) is 8.69. The summed E-state index contributed by atoms with van der Waals surface area (Å²) in [5, 5.41) is 8.34. The highest BCUT2D eigenvalue weighted by Crippen LogP contribution is 2.09. The molecule has 0 aromatic carbocycles. The SMILES string of the molecule is CCCC(CCCO)S(=O)O. The first-order chi connectivity index (χ1) is 5.22. The topological polar surface area (TPSA) is 57.5 Å². The van der Waals surface area contributed by atoms with Crippen LogP contribution in [0.4, 0.5) is 0 Å². The molecule has 0 spiro atoms. The lowest BCUT2D eigenvalue weighted by atomic mass is 10.1. The molecule has 2 unspecified atom stereocenters. The van der Waals surface area contributed by atoms with E-state index in [1.807, 2.05) is 6.92 Å². The van der Waals surface area contributed by atoms with Gasteiger partial charge in [-0.2, -0.15) is 0 Å². The smallest absolute Gasteiger partial charge is 0.155 e. The molecule has 4 heteroatoms. The molecule has 0 aromatic rings. The lowest BCUT2D eigenvalue weighted by Gasteiger charge is -2.09. The third-order valence-corrected chi connectivity index (χ3v) is 2.62. The van der Waals surface area contributed by atoms with E-state index < -0.39 is 11.1 Å². The molecule has 0 saturated heterocycles. The van der Waals surface area contributed by atoms with Gasteiger partial charge in [-0.3, -0.25) is 0 Å². The van der Waals surface area contributed by atoms with E-state index in [0.29, 0.717) is 12.8 Å². The average molecular weight is 180 g/mol. The number of rotatable bonds is 6. The van der Waals surface area contributed by atoms with Gasteiger partial charge in [-0.1, -0.05) is 13.3 Å². The van der Waals surface area contributed by atoms with Crippen LogP contribution in [0.15, 0.2) is 0 Å². The highest BCUT2D eigenvalue weighted by Gasteiger charge is 2.12. The second-order valence-electron chi connectivity index (χ2n) is 2.55. The summed E-state index contributed by atoms with van der Waals surface area (Å²) in [6.45, 7) is 2.09. The number of hydrogen-bond acceptors (Lipinski definition) is 2. The van der Waals surface area contributed by atoms with Crippen LogP contribution < -0.4 is 0 Å². The Balaban J connectivity index is 3.60. The van der Waals surface area contributed by atoms with Crippen LogP contribution in [0, 0.1) is 0 Å². The quantitative estimate of drug-likeness (QED) is 0.603. The van der Waals surface area contributed by atoms with Gasteiger partial charge in [0.1, 0.15) is 0 Å². The second kappa shape index (κ2) is 6.76. The van der Waals surface area contributed by atoms with E-state index in [9.17, 15) is 4.21 Å². The van der Waals surface area contributed by atoms with E-state index in [4.69, 9.17) is 9.66 Å². The van der Waals surface area contributed by atoms with Crippen molar-refractivity contribution in [1.82, 2.24) is 0 Å². The minimum atomic E-state index is -1.72. The predicted molar refractivity (Wildman–Crippen MR) is 45.8 cm³/mol. The highest BCUT2D eigenvalue weighted by atomic mass is 32.2. The molecule has 0 saturated carbocycles. The van der Waals surface area contributed by atoms with Gasteiger partial charge in [0.25, 0.3) is 0 Å². The van der Waals surface area contributed by atoms with E-state index in [0.717, 1.165) is 12.8 Å². The molecule has 0 amide bonds. The Hall–Kier alpha value is 0.0700. The van der Waals surface area contributed by atoms with Gasteiger partial charge in [-0.05, 0) is 19.3 Å². The Bertz CT molecular complexity index is 116. The van der Waals surface area contributed by atoms with Crippen molar-refractivity contribution < 1.29 is 13.9 Å². The van der Waals surface area contributed by atoms with Crippen molar-refractivity contribution in [3.8, 4) is 0 Å². The van der Waals surface area contributed by atoms with Crippen LogP contribution in [0.5, 0.6) is 0 Å². The maximum Gasteiger partial charge on any atom is 0.155 e. The zero-order valence-corrected chi connectivity index (χ0v) is 7.64. The molecule has 0 aromatic heterocycles. The fourth-order valence-corrected chi connectivity index (χ4v) is 1.79. The van der Waals surface area contributed by atoms with Crippen LogP contribution in [0.1, 0.15) is 32.6 Å². The molecule has 0 rings (SSSR count). The molecule has 2 N–H and O–H groups in total. The van der Waals surface area contributed by atoms with Crippen LogP contribution in [-0.4, -0.2) is 25.7 Å². The van der Waals surface area contributed by atoms with Gasteiger partial charge in [0.2, 0.25) is 0 Å². The van der Waals surface area contributed by atoms with Crippen molar-refractivity contribution in [3.63, 3.8) is 0 Å². The Labute approximate surface area is 70.1 Å². The van der Waals surface area contributed by atoms with Crippen LogP contribution in [0.2, 0.25) is 0 Å². The fraction of sp³-hybridized carbons (Fsp3) is 1.00. The molecule has 11 heavy (non-hydrogen) atoms. The lowest BCUT2D eigenvalue weighted by Crippen LogP contribution is -2.14. The van der Waals surface area contributed by atoms with E-state index in [2.05, 4.69) is 0 Å². The van der Waals surface area contributed by atoms with E-state index in [1.165, 1.54) is 0 Å². The first kappa shape index (κ1) is 11.1. The van der Waals surface area contributed by atoms with Crippen molar-refractivity contribution in [2.75, 3.05) is 6.61 Å². The molecule has 0 fully saturated rings. The molecule has 68 valence electrons. The maximum absolute atomic E-state index is 10.6. The number of hydrogen-bond donors (Lipinski definition) is 2. The van der Waals surface area contributed by atoms with Gasteiger partial charge >= 0.3 is 0 Å². The lowest BCUT2D eigenvalue weighted by molar-refractivity contribution is 0.282. The maximum atomic E-state index is 10.6. The summed E-state index contributed by atoms with van der Waals surface area (Å²) in [6, 6.07) is 0. The zero-order valence-electron chi connectivity index (χ0n) is 6.82. The van der Waals surface area contributed by atoms with Crippen molar-refractivity contribution >= 4 is 11.1 Å². The summed E-state index contributed by atoms with van der Waals surface area (Å²) in [6.07, 6.45) is 2.95. The van der Waals surface area contributed by atoms with Crippen molar-refractivity contribution in [2.24, 2.45) is 0 Å². The fourth-order valence-electron chi connectivity index (χ4n) is 0.987. The van der Waals surface area contributed by atoms with E-state index in [-0.39, 0.29) is 11.9 Å². The molecule has 2 atom stereocenters. The Morgan fingerprint density at radius 3 is 2.45 bits per heavy atom. The Kier molecular flexibility index (Phi) is 6.80. The predicted octanol–water partition coefficient (Wildman–Crippen LogP) is 1.15. The summed E-state index contributed by atoms with van der Waals surface area (Å²) in [4.78, 5) is 0.